The van der Waals surface area contributed by atoms with E-state index < -0.39 is 0 Å². The van der Waals surface area contributed by atoms with E-state index in [-0.39, 0.29) is 11.9 Å². The number of anilines is 2. The van der Waals surface area contributed by atoms with Crippen molar-refractivity contribution in [2.45, 2.75) is 33.2 Å². The topological polar surface area (TPSA) is 54.0 Å². The summed E-state index contributed by atoms with van der Waals surface area (Å²) in [4.78, 5) is 16.3. The highest BCUT2D eigenvalue weighted by atomic mass is 79.9. The number of nitrogens with one attached hydrogen (secondary N) is 2. The Morgan fingerprint density at radius 1 is 1.32 bits per heavy atom. The molecule has 116 valence electrons. The smallest absolute Gasteiger partial charge is 0.253 e. The van der Waals surface area contributed by atoms with E-state index in [1.807, 2.05) is 45.0 Å². The minimum atomic E-state index is -0.0896. The first-order valence-corrected chi connectivity index (χ1v) is 8.09. The van der Waals surface area contributed by atoms with Gasteiger partial charge in [-0.15, -0.1) is 0 Å². The molecule has 0 fully saturated rings. The molecule has 4 nitrogen and oxygen atoms in total. The molecule has 0 bridgehead atoms. The summed E-state index contributed by atoms with van der Waals surface area (Å²) < 4.78 is 1.04. The van der Waals surface area contributed by atoms with Crippen LogP contribution in [0.4, 0.5) is 11.5 Å². The highest BCUT2D eigenvalue weighted by Gasteiger charge is 2.09. The summed E-state index contributed by atoms with van der Waals surface area (Å²) in [6, 6.07) is 9.76. The van der Waals surface area contributed by atoms with Crippen molar-refractivity contribution in [3.8, 4) is 0 Å². The van der Waals surface area contributed by atoms with Gasteiger partial charge in [0, 0.05) is 22.4 Å². The number of nitrogens with zero attached hydrogens (tertiary/aromatic N) is 1. The van der Waals surface area contributed by atoms with Gasteiger partial charge in [-0.05, 0) is 56.2 Å². The summed E-state index contributed by atoms with van der Waals surface area (Å²) in [7, 11) is 0. The second kappa shape index (κ2) is 7.40. The lowest BCUT2D eigenvalue weighted by Crippen LogP contribution is -2.31. The Hall–Kier alpha value is -1.88. The summed E-state index contributed by atoms with van der Waals surface area (Å²) in [6.07, 6.45) is 2.50. The molecular weight excluding hydrogens is 342 g/mol. The second-order valence-corrected chi connectivity index (χ2v) is 6.21. The Labute approximate surface area is 139 Å². The number of carbonyl (C=O) groups excluding carboxylic acids is 1. The first kappa shape index (κ1) is 16.5. The van der Waals surface area contributed by atoms with E-state index in [4.69, 9.17) is 0 Å². The quantitative estimate of drug-likeness (QED) is 0.828. The van der Waals surface area contributed by atoms with E-state index in [9.17, 15) is 4.79 Å². The minimum Gasteiger partial charge on any atom is -0.350 e. The molecule has 1 heterocycles. The van der Waals surface area contributed by atoms with Crippen LogP contribution in [0.2, 0.25) is 0 Å². The van der Waals surface area contributed by atoms with Gasteiger partial charge in [0.1, 0.15) is 5.82 Å². The molecule has 0 aliphatic heterocycles. The third-order valence-corrected chi connectivity index (χ3v) is 3.96. The maximum atomic E-state index is 12.0. The summed E-state index contributed by atoms with van der Waals surface area (Å²) in [5, 5.41) is 6.18. The van der Waals surface area contributed by atoms with Crippen LogP contribution in [-0.4, -0.2) is 16.9 Å². The number of pyridine rings is 1. The lowest BCUT2D eigenvalue weighted by molar-refractivity contribution is 0.0939. The fourth-order valence-electron chi connectivity index (χ4n) is 1.92. The van der Waals surface area contributed by atoms with Crippen molar-refractivity contribution in [2.24, 2.45) is 0 Å². The summed E-state index contributed by atoms with van der Waals surface area (Å²) in [6.45, 7) is 6.05. The summed E-state index contributed by atoms with van der Waals surface area (Å²) >= 11 is 3.44. The van der Waals surface area contributed by atoms with E-state index in [0.717, 1.165) is 22.1 Å². The number of hydrogen-bond donors (Lipinski definition) is 2. The predicted molar refractivity (Wildman–Crippen MR) is 93.6 cm³/mol. The van der Waals surface area contributed by atoms with Gasteiger partial charge in [-0.3, -0.25) is 4.79 Å². The van der Waals surface area contributed by atoms with Crippen molar-refractivity contribution in [3.05, 3.63) is 52.1 Å². The Morgan fingerprint density at radius 3 is 2.68 bits per heavy atom. The zero-order valence-electron chi connectivity index (χ0n) is 13.0. The molecule has 1 atom stereocenters. The van der Waals surface area contributed by atoms with E-state index in [1.54, 1.807) is 12.3 Å². The van der Waals surface area contributed by atoms with Crippen LogP contribution in [0.5, 0.6) is 0 Å². The minimum absolute atomic E-state index is 0.0896. The third kappa shape index (κ3) is 4.31. The molecule has 1 unspecified atom stereocenters. The number of rotatable bonds is 5. The number of benzene rings is 1. The van der Waals surface area contributed by atoms with Crippen molar-refractivity contribution in [1.82, 2.24) is 10.3 Å². The summed E-state index contributed by atoms with van der Waals surface area (Å²) in [5.74, 6) is 0.624. The molecule has 22 heavy (non-hydrogen) atoms. The fraction of sp³-hybridized carbons (Fsp3) is 0.294. The van der Waals surface area contributed by atoms with Crippen LogP contribution in [0.3, 0.4) is 0 Å². The van der Waals surface area contributed by atoms with Crippen LogP contribution in [-0.2, 0) is 0 Å². The number of halogens is 1. The number of hydrogen-bond acceptors (Lipinski definition) is 3. The maximum absolute atomic E-state index is 12.0. The van der Waals surface area contributed by atoms with E-state index >= 15 is 0 Å². The van der Waals surface area contributed by atoms with Gasteiger partial charge in [0.15, 0.2) is 0 Å². The third-order valence-electron chi connectivity index (χ3n) is 3.47. The zero-order valence-corrected chi connectivity index (χ0v) is 14.6. The van der Waals surface area contributed by atoms with Crippen LogP contribution in [0.15, 0.2) is 41.0 Å². The van der Waals surface area contributed by atoms with E-state index in [0.29, 0.717) is 11.4 Å². The second-order valence-electron chi connectivity index (χ2n) is 5.30. The number of aromatic nitrogens is 1. The van der Waals surface area contributed by atoms with Crippen molar-refractivity contribution in [2.75, 3.05) is 5.32 Å². The fourth-order valence-corrected chi connectivity index (χ4v) is 2.39. The molecule has 0 aliphatic rings. The average Bonchev–Trinajstić information content (AvgIpc) is 2.50. The first-order chi connectivity index (χ1) is 10.5. The maximum Gasteiger partial charge on any atom is 0.253 e. The van der Waals surface area contributed by atoms with Crippen LogP contribution in [0.25, 0.3) is 0 Å². The summed E-state index contributed by atoms with van der Waals surface area (Å²) in [5.41, 5.74) is 2.68. The van der Waals surface area contributed by atoms with Gasteiger partial charge in [-0.2, -0.15) is 0 Å². The van der Waals surface area contributed by atoms with Crippen molar-refractivity contribution in [3.63, 3.8) is 0 Å². The largest absolute Gasteiger partial charge is 0.350 e. The van der Waals surface area contributed by atoms with Crippen molar-refractivity contribution >= 4 is 33.3 Å². The van der Waals surface area contributed by atoms with Crippen LogP contribution in [0, 0.1) is 6.92 Å². The van der Waals surface area contributed by atoms with Gasteiger partial charge in [-0.1, -0.05) is 22.9 Å². The van der Waals surface area contributed by atoms with Gasteiger partial charge in [0.05, 0.1) is 5.56 Å². The van der Waals surface area contributed by atoms with Crippen LogP contribution >= 0.6 is 15.9 Å². The predicted octanol–water partition coefficient (Wildman–Crippen LogP) is 4.42. The normalized spacial score (nSPS) is 11.8. The van der Waals surface area contributed by atoms with Crippen molar-refractivity contribution in [1.29, 1.82) is 0 Å². The standard InChI is InChI=1S/C17H20BrN3O/c1-4-12(3)20-17(22)13-5-8-16(19-10-13)21-15-7-6-14(18)9-11(15)2/h5-10,12H,4H2,1-3H3,(H,19,21)(H,20,22). The molecule has 1 aromatic heterocycles. The molecule has 0 spiro atoms. The molecule has 5 heteroatoms. The Kier molecular flexibility index (Phi) is 5.55. The van der Waals surface area contributed by atoms with Gasteiger partial charge < -0.3 is 10.6 Å². The highest BCUT2D eigenvalue weighted by Crippen LogP contribution is 2.22. The average molecular weight is 362 g/mol. The highest BCUT2D eigenvalue weighted by molar-refractivity contribution is 9.10. The first-order valence-electron chi connectivity index (χ1n) is 7.29. The SMILES string of the molecule is CCC(C)NC(=O)c1ccc(Nc2ccc(Br)cc2C)nc1. The molecular formula is C17H20BrN3O. The molecule has 0 saturated carbocycles. The molecule has 1 amide bonds. The molecule has 2 rings (SSSR count). The molecule has 0 radical (unpaired) electrons. The number of aryl methyl sites for hydroxylation is 1. The lowest BCUT2D eigenvalue weighted by Gasteiger charge is -2.12. The van der Waals surface area contributed by atoms with Gasteiger partial charge in [0.2, 0.25) is 0 Å². The van der Waals surface area contributed by atoms with E-state index in [1.165, 1.54) is 0 Å². The molecule has 2 N–H and O–H groups in total. The monoisotopic (exact) mass is 361 g/mol. The Morgan fingerprint density at radius 2 is 2.09 bits per heavy atom. The van der Waals surface area contributed by atoms with Gasteiger partial charge in [-0.25, -0.2) is 4.98 Å². The van der Waals surface area contributed by atoms with Gasteiger partial charge >= 0.3 is 0 Å². The van der Waals surface area contributed by atoms with Gasteiger partial charge in [0.25, 0.3) is 5.91 Å². The Bertz CT molecular complexity index is 655. The lowest BCUT2D eigenvalue weighted by atomic mass is 10.2. The number of carbonyl (C=O) groups is 1. The molecule has 1 aromatic carbocycles. The Balaban J connectivity index is 2.07. The van der Waals surface area contributed by atoms with E-state index in [2.05, 4.69) is 31.5 Å². The molecule has 2 aromatic rings. The van der Waals surface area contributed by atoms with Crippen LogP contribution < -0.4 is 10.6 Å². The zero-order chi connectivity index (χ0) is 16.1. The molecule has 0 aliphatic carbocycles. The number of amides is 1. The van der Waals surface area contributed by atoms with Crippen molar-refractivity contribution < 1.29 is 4.79 Å². The molecule has 0 saturated heterocycles. The van der Waals surface area contributed by atoms with Crippen LogP contribution in [0.1, 0.15) is 36.2 Å².